The predicted molar refractivity (Wildman–Crippen MR) is 104 cm³/mol. The number of hydrogen-bond donors (Lipinski definition) is 1. The van der Waals surface area contributed by atoms with Crippen molar-refractivity contribution >= 4 is 22.8 Å². The van der Waals surface area contributed by atoms with Gasteiger partial charge in [0.2, 0.25) is 0 Å². The Hall–Kier alpha value is -2.41. The molecule has 7 heteroatoms. The van der Waals surface area contributed by atoms with Crippen molar-refractivity contribution in [3.63, 3.8) is 0 Å². The van der Waals surface area contributed by atoms with Crippen LogP contribution in [-0.2, 0) is 0 Å². The molecule has 4 saturated heterocycles. The summed E-state index contributed by atoms with van der Waals surface area (Å²) in [6.07, 6.45) is 7.17. The Morgan fingerprint density at radius 1 is 1.07 bits per heavy atom. The second kappa shape index (κ2) is 7.20. The van der Waals surface area contributed by atoms with Crippen LogP contribution in [0.4, 0.5) is 0 Å². The number of hydrogen-bond acceptors (Lipinski definition) is 5. The maximum absolute atomic E-state index is 12.7. The van der Waals surface area contributed by atoms with Gasteiger partial charge in [0.05, 0.1) is 0 Å². The standard InChI is InChI=1S/C21H26N4O3/c26-20(23-17-13-24-8-4-14(17)5-9-24)16-11-18-15(12-22-16)10-19(28-18)21(27)25-6-2-1-3-7-25/h10-12,14,17H,1-9,13H2,(H,23,26). The highest BCUT2D eigenvalue weighted by molar-refractivity contribution is 5.98. The molecular weight excluding hydrogens is 356 g/mol. The minimum atomic E-state index is -0.166. The summed E-state index contributed by atoms with van der Waals surface area (Å²) in [6, 6.07) is 3.58. The summed E-state index contributed by atoms with van der Waals surface area (Å²) in [4.78, 5) is 33.9. The largest absolute Gasteiger partial charge is 0.451 e. The first kappa shape index (κ1) is 17.7. The van der Waals surface area contributed by atoms with Gasteiger partial charge in [-0.3, -0.25) is 14.6 Å². The van der Waals surface area contributed by atoms with E-state index in [0.29, 0.717) is 23.0 Å². The summed E-state index contributed by atoms with van der Waals surface area (Å²) in [6.45, 7) is 4.76. The molecule has 4 aliphatic rings. The topological polar surface area (TPSA) is 78.7 Å². The molecule has 7 nitrogen and oxygen atoms in total. The fourth-order valence-corrected chi connectivity index (χ4v) is 4.79. The average Bonchev–Trinajstić information content (AvgIpc) is 3.18. The van der Waals surface area contributed by atoms with E-state index in [0.717, 1.165) is 63.8 Å². The average molecular weight is 382 g/mol. The van der Waals surface area contributed by atoms with Crippen molar-refractivity contribution in [3.8, 4) is 0 Å². The Morgan fingerprint density at radius 3 is 2.57 bits per heavy atom. The summed E-state index contributed by atoms with van der Waals surface area (Å²) >= 11 is 0. The fourth-order valence-electron chi connectivity index (χ4n) is 4.79. The van der Waals surface area contributed by atoms with Gasteiger partial charge in [0.15, 0.2) is 5.76 Å². The number of nitrogens with one attached hydrogen (secondary N) is 1. The number of pyridine rings is 1. The Kier molecular flexibility index (Phi) is 4.55. The maximum atomic E-state index is 12.7. The lowest BCUT2D eigenvalue weighted by molar-refractivity contribution is 0.0617. The predicted octanol–water partition coefficient (Wildman–Crippen LogP) is 2.28. The number of amides is 2. The van der Waals surface area contributed by atoms with E-state index in [1.165, 1.54) is 6.42 Å². The highest BCUT2D eigenvalue weighted by atomic mass is 16.3. The zero-order valence-electron chi connectivity index (χ0n) is 16.0. The first-order chi connectivity index (χ1) is 13.7. The third kappa shape index (κ3) is 3.28. The van der Waals surface area contributed by atoms with E-state index in [-0.39, 0.29) is 17.9 Å². The molecule has 6 rings (SSSR count). The second-order valence-electron chi connectivity index (χ2n) is 8.29. The van der Waals surface area contributed by atoms with Gasteiger partial charge in [-0.15, -0.1) is 0 Å². The lowest BCUT2D eigenvalue weighted by Gasteiger charge is -2.44. The van der Waals surface area contributed by atoms with E-state index >= 15 is 0 Å². The number of fused-ring (bicyclic) bond motifs is 4. The van der Waals surface area contributed by atoms with Gasteiger partial charge in [-0.05, 0) is 57.2 Å². The van der Waals surface area contributed by atoms with Gasteiger partial charge in [-0.25, -0.2) is 0 Å². The van der Waals surface area contributed by atoms with E-state index in [1.54, 1.807) is 18.3 Å². The highest BCUT2D eigenvalue weighted by Crippen LogP contribution is 2.28. The number of piperidine rings is 4. The third-order valence-electron chi connectivity index (χ3n) is 6.46. The molecular formula is C21H26N4O3. The number of furan rings is 1. The van der Waals surface area contributed by atoms with E-state index < -0.39 is 0 Å². The van der Waals surface area contributed by atoms with Gasteiger partial charge < -0.3 is 19.5 Å². The molecule has 4 aliphatic heterocycles. The van der Waals surface area contributed by atoms with Crippen LogP contribution in [-0.4, -0.2) is 65.4 Å². The van der Waals surface area contributed by atoms with Crippen LogP contribution in [0.1, 0.15) is 53.1 Å². The summed E-state index contributed by atoms with van der Waals surface area (Å²) in [5.41, 5.74) is 0.879. The first-order valence-electron chi connectivity index (χ1n) is 10.4. The van der Waals surface area contributed by atoms with Crippen LogP contribution in [0.5, 0.6) is 0 Å². The smallest absolute Gasteiger partial charge is 0.289 e. The molecule has 2 aromatic heterocycles. The number of aromatic nitrogens is 1. The molecule has 0 aliphatic carbocycles. The van der Waals surface area contributed by atoms with Crippen LogP contribution in [0, 0.1) is 5.92 Å². The molecule has 2 amide bonds. The zero-order valence-corrected chi connectivity index (χ0v) is 16.0. The third-order valence-corrected chi connectivity index (χ3v) is 6.46. The van der Waals surface area contributed by atoms with Crippen LogP contribution in [0.3, 0.4) is 0 Å². The number of carbonyl (C=O) groups is 2. The minimum Gasteiger partial charge on any atom is -0.451 e. The molecule has 0 spiro atoms. The van der Waals surface area contributed by atoms with Crippen LogP contribution in [0.15, 0.2) is 22.7 Å². The Balaban J connectivity index is 1.32. The number of nitrogens with zero attached hydrogens (tertiary/aromatic N) is 3. The summed E-state index contributed by atoms with van der Waals surface area (Å²) in [5.74, 6) is 0.652. The molecule has 2 aromatic rings. The van der Waals surface area contributed by atoms with Crippen molar-refractivity contribution < 1.29 is 14.0 Å². The maximum Gasteiger partial charge on any atom is 0.289 e. The van der Waals surface area contributed by atoms with E-state index in [2.05, 4.69) is 15.2 Å². The summed E-state index contributed by atoms with van der Waals surface area (Å²) in [7, 11) is 0. The quantitative estimate of drug-likeness (QED) is 0.881. The van der Waals surface area contributed by atoms with Gasteiger partial charge in [0, 0.05) is 43.3 Å². The molecule has 0 saturated carbocycles. The van der Waals surface area contributed by atoms with Gasteiger partial charge >= 0.3 is 0 Å². The van der Waals surface area contributed by atoms with E-state index in [4.69, 9.17) is 4.42 Å². The Morgan fingerprint density at radius 2 is 1.86 bits per heavy atom. The highest BCUT2D eigenvalue weighted by Gasteiger charge is 2.35. The summed E-state index contributed by atoms with van der Waals surface area (Å²) < 4.78 is 5.79. The van der Waals surface area contributed by atoms with Crippen LogP contribution in [0.2, 0.25) is 0 Å². The monoisotopic (exact) mass is 382 g/mol. The molecule has 1 atom stereocenters. The number of likely N-dealkylation sites (tertiary alicyclic amines) is 1. The first-order valence-corrected chi connectivity index (χ1v) is 10.4. The Labute approximate surface area is 164 Å². The molecule has 1 N–H and O–H groups in total. The Bertz CT molecular complexity index is 894. The van der Waals surface area contributed by atoms with Crippen molar-refractivity contribution in [2.45, 2.75) is 38.1 Å². The molecule has 148 valence electrons. The van der Waals surface area contributed by atoms with Crippen molar-refractivity contribution in [1.82, 2.24) is 20.1 Å². The minimum absolute atomic E-state index is 0.0748. The van der Waals surface area contributed by atoms with Crippen molar-refractivity contribution in [1.29, 1.82) is 0 Å². The number of rotatable bonds is 3. The van der Waals surface area contributed by atoms with Gasteiger partial charge in [0.1, 0.15) is 11.3 Å². The lowest BCUT2D eigenvalue weighted by Crippen LogP contribution is -2.57. The molecule has 2 bridgehead atoms. The molecule has 0 radical (unpaired) electrons. The molecule has 0 aromatic carbocycles. The molecule has 1 unspecified atom stereocenters. The van der Waals surface area contributed by atoms with Crippen LogP contribution >= 0.6 is 0 Å². The van der Waals surface area contributed by atoms with Crippen molar-refractivity contribution in [2.75, 3.05) is 32.7 Å². The van der Waals surface area contributed by atoms with Gasteiger partial charge in [0.25, 0.3) is 11.8 Å². The molecule has 4 fully saturated rings. The number of carbonyl (C=O) groups excluding carboxylic acids is 2. The van der Waals surface area contributed by atoms with Crippen LogP contribution in [0.25, 0.3) is 11.0 Å². The normalized spacial score (nSPS) is 27.1. The zero-order chi connectivity index (χ0) is 19.1. The van der Waals surface area contributed by atoms with Crippen molar-refractivity contribution in [3.05, 3.63) is 29.8 Å². The molecule has 6 heterocycles. The van der Waals surface area contributed by atoms with E-state index in [1.807, 2.05) is 4.90 Å². The second-order valence-corrected chi connectivity index (χ2v) is 8.29. The summed E-state index contributed by atoms with van der Waals surface area (Å²) in [5, 5.41) is 3.90. The van der Waals surface area contributed by atoms with Gasteiger partial charge in [-0.1, -0.05) is 0 Å². The van der Waals surface area contributed by atoms with E-state index in [9.17, 15) is 9.59 Å². The van der Waals surface area contributed by atoms with Gasteiger partial charge in [-0.2, -0.15) is 0 Å². The van der Waals surface area contributed by atoms with Crippen LogP contribution < -0.4 is 5.32 Å². The fraction of sp³-hybridized carbons (Fsp3) is 0.571. The molecule has 28 heavy (non-hydrogen) atoms. The SMILES string of the molecule is O=C(NC1CN2CCC1CC2)c1cc2oc(C(=O)N3CCCCC3)cc2cn1. The van der Waals surface area contributed by atoms with Crippen molar-refractivity contribution in [2.24, 2.45) is 5.92 Å². The lowest BCUT2D eigenvalue weighted by atomic mass is 9.84.